The molecule has 0 heterocycles. The van der Waals surface area contributed by atoms with Gasteiger partial charge in [0.1, 0.15) is 17.6 Å². The molecule has 0 bridgehead atoms. The van der Waals surface area contributed by atoms with E-state index in [1.54, 1.807) is 12.1 Å². The minimum Gasteiger partial charge on any atom is -0.494 e. The zero-order chi connectivity index (χ0) is 16.9. The van der Waals surface area contributed by atoms with Crippen molar-refractivity contribution < 1.29 is 13.9 Å². The predicted molar refractivity (Wildman–Crippen MR) is 91.5 cm³/mol. The van der Waals surface area contributed by atoms with E-state index in [0.717, 1.165) is 29.8 Å². The molecule has 2 N–H and O–H groups in total. The van der Waals surface area contributed by atoms with Crippen molar-refractivity contribution in [3.05, 3.63) is 59.9 Å². The van der Waals surface area contributed by atoms with Gasteiger partial charge in [-0.15, -0.1) is 0 Å². The lowest BCUT2D eigenvalue weighted by Gasteiger charge is -2.20. The second kappa shape index (κ2) is 7.34. The minimum absolute atomic E-state index is 0.0991. The average Bonchev–Trinajstić information content (AvgIpc) is 3.39. The summed E-state index contributed by atoms with van der Waals surface area (Å²) in [6.45, 7) is 2.54. The van der Waals surface area contributed by atoms with Crippen molar-refractivity contribution in [2.24, 2.45) is 0 Å². The summed E-state index contributed by atoms with van der Waals surface area (Å²) in [6, 6.07) is 13.1. The number of ether oxygens (including phenoxy) is 1. The van der Waals surface area contributed by atoms with Gasteiger partial charge < -0.3 is 15.4 Å². The first-order valence-electron chi connectivity index (χ1n) is 8.21. The average molecular weight is 328 g/mol. The molecule has 0 spiro atoms. The maximum Gasteiger partial charge on any atom is 0.247 e. The normalized spacial score (nSPS) is 14.8. The van der Waals surface area contributed by atoms with Crippen LogP contribution in [-0.2, 0) is 4.79 Å². The SMILES string of the molecule is CCOc1ccc(NC(C(=O)NC2CC2)c2ccc(F)cc2)cc1. The number of anilines is 1. The van der Waals surface area contributed by atoms with E-state index in [9.17, 15) is 9.18 Å². The summed E-state index contributed by atoms with van der Waals surface area (Å²) < 4.78 is 18.6. The Balaban J connectivity index is 1.77. The van der Waals surface area contributed by atoms with E-state index >= 15 is 0 Å². The van der Waals surface area contributed by atoms with Crippen LogP contribution in [0.4, 0.5) is 10.1 Å². The Morgan fingerprint density at radius 3 is 2.42 bits per heavy atom. The van der Waals surface area contributed by atoms with Crippen molar-refractivity contribution >= 4 is 11.6 Å². The zero-order valence-corrected chi connectivity index (χ0v) is 13.6. The molecule has 5 heteroatoms. The lowest BCUT2D eigenvalue weighted by molar-refractivity contribution is -0.122. The summed E-state index contributed by atoms with van der Waals surface area (Å²) in [4.78, 5) is 12.6. The molecule has 0 aromatic heterocycles. The summed E-state index contributed by atoms with van der Waals surface area (Å²) in [7, 11) is 0. The van der Waals surface area contributed by atoms with Gasteiger partial charge in [0, 0.05) is 11.7 Å². The van der Waals surface area contributed by atoms with Gasteiger partial charge in [-0.25, -0.2) is 4.39 Å². The van der Waals surface area contributed by atoms with Crippen molar-refractivity contribution in [3.63, 3.8) is 0 Å². The highest BCUT2D eigenvalue weighted by Gasteiger charge is 2.28. The number of hydrogen-bond acceptors (Lipinski definition) is 3. The van der Waals surface area contributed by atoms with Crippen LogP contribution in [0.5, 0.6) is 5.75 Å². The number of amides is 1. The maximum atomic E-state index is 13.2. The topological polar surface area (TPSA) is 50.4 Å². The molecule has 1 saturated carbocycles. The molecule has 2 aromatic carbocycles. The number of nitrogens with one attached hydrogen (secondary N) is 2. The Bertz CT molecular complexity index is 682. The zero-order valence-electron chi connectivity index (χ0n) is 13.6. The molecule has 24 heavy (non-hydrogen) atoms. The van der Waals surface area contributed by atoms with Crippen LogP contribution in [0, 0.1) is 5.82 Å². The number of carbonyl (C=O) groups excluding carboxylic acids is 1. The first-order chi connectivity index (χ1) is 11.7. The monoisotopic (exact) mass is 328 g/mol. The number of rotatable bonds is 7. The van der Waals surface area contributed by atoms with E-state index in [-0.39, 0.29) is 17.8 Å². The molecule has 1 aliphatic carbocycles. The molecular weight excluding hydrogens is 307 g/mol. The molecule has 3 rings (SSSR count). The summed E-state index contributed by atoms with van der Waals surface area (Å²) >= 11 is 0. The third-order valence-electron chi connectivity index (χ3n) is 3.87. The van der Waals surface area contributed by atoms with E-state index in [1.165, 1.54) is 12.1 Å². The van der Waals surface area contributed by atoms with Gasteiger partial charge in [0.2, 0.25) is 5.91 Å². The van der Waals surface area contributed by atoms with Crippen molar-refractivity contribution in [2.75, 3.05) is 11.9 Å². The van der Waals surface area contributed by atoms with Crippen LogP contribution >= 0.6 is 0 Å². The molecular formula is C19H21FN2O2. The van der Waals surface area contributed by atoms with E-state index < -0.39 is 6.04 Å². The van der Waals surface area contributed by atoms with Crippen LogP contribution in [0.3, 0.4) is 0 Å². The molecule has 2 aromatic rings. The second-order valence-corrected chi connectivity index (χ2v) is 5.87. The molecule has 0 aliphatic heterocycles. The quantitative estimate of drug-likeness (QED) is 0.815. The van der Waals surface area contributed by atoms with Gasteiger partial charge in [-0.2, -0.15) is 0 Å². The second-order valence-electron chi connectivity index (χ2n) is 5.87. The molecule has 1 amide bonds. The lowest BCUT2D eigenvalue weighted by Crippen LogP contribution is -2.34. The molecule has 1 atom stereocenters. The number of benzene rings is 2. The Kier molecular flexibility index (Phi) is 4.99. The third kappa shape index (κ3) is 4.25. The first kappa shape index (κ1) is 16.3. The van der Waals surface area contributed by atoms with E-state index in [0.29, 0.717) is 6.61 Å². The third-order valence-corrected chi connectivity index (χ3v) is 3.87. The van der Waals surface area contributed by atoms with Crippen LogP contribution in [0.15, 0.2) is 48.5 Å². The van der Waals surface area contributed by atoms with Crippen molar-refractivity contribution in [3.8, 4) is 5.75 Å². The molecule has 126 valence electrons. The lowest BCUT2D eigenvalue weighted by atomic mass is 10.1. The van der Waals surface area contributed by atoms with Gasteiger partial charge in [0.25, 0.3) is 0 Å². The van der Waals surface area contributed by atoms with Crippen LogP contribution in [0.1, 0.15) is 31.4 Å². The van der Waals surface area contributed by atoms with Crippen molar-refractivity contribution in [1.29, 1.82) is 0 Å². The van der Waals surface area contributed by atoms with Gasteiger partial charge in [0.05, 0.1) is 6.61 Å². The summed E-state index contributed by atoms with van der Waals surface area (Å²) in [5.74, 6) is 0.364. The number of carbonyl (C=O) groups is 1. The Hall–Kier alpha value is -2.56. The minimum atomic E-state index is -0.566. The van der Waals surface area contributed by atoms with Gasteiger partial charge in [0.15, 0.2) is 0 Å². The van der Waals surface area contributed by atoms with E-state index in [1.807, 2.05) is 31.2 Å². The number of hydrogen-bond donors (Lipinski definition) is 2. The molecule has 1 unspecified atom stereocenters. The van der Waals surface area contributed by atoms with E-state index in [2.05, 4.69) is 10.6 Å². The van der Waals surface area contributed by atoms with Crippen LogP contribution < -0.4 is 15.4 Å². The predicted octanol–water partition coefficient (Wildman–Crippen LogP) is 3.66. The smallest absolute Gasteiger partial charge is 0.247 e. The van der Waals surface area contributed by atoms with Crippen LogP contribution in [0.25, 0.3) is 0 Å². The van der Waals surface area contributed by atoms with Crippen molar-refractivity contribution in [2.45, 2.75) is 31.8 Å². The fraction of sp³-hybridized carbons (Fsp3) is 0.316. The summed E-state index contributed by atoms with van der Waals surface area (Å²) in [6.07, 6.45) is 2.04. The Morgan fingerprint density at radius 1 is 1.17 bits per heavy atom. The molecule has 1 fully saturated rings. The van der Waals surface area contributed by atoms with Crippen LogP contribution in [-0.4, -0.2) is 18.6 Å². The van der Waals surface area contributed by atoms with E-state index in [4.69, 9.17) is 4.74 Å². The molecule has 4 nitrogen and oxygen atoms in total. The van der Waals surface area contributed by atoms with Gasteiger partial charge in [-0.3, -0.25) is 4.79 Å². The first-order valence-corrected chi connectivity index (χ1v) is 8.21. The van der Waals surface area contributed by atoms with Gasteiger partial charge in [-0.1, -0.05) is 12.1 Å². The highest BCUT2D eigenvalue weighted by atomic mass is 19.1. The maximum absolute atomic E-state index is 13.2. The highest BCUT2D eigenvalue weighted by molar-refractivity contribution is 5.86. The van der Waals surface area contributed by atoms with Crippen molar-refractivity contribution in [1.82, 2.24) is 5.32 Å². The Morgan fingerprint density at radius 2 is 1.83 bits per heavy atom. The van der Waals surface area contributed by atoms with Crippen LogP contribution in [0.2, 0.25) is 0 Å². The summed E-state index contributed by atoms with van der Waals surface area (Å²) in [5, 5.41) is 6.23. The standard InChI is InChI=1S/C19H21FN2O2/c1-2-24-17-11-9-15(10-12-17)21-18(19(23)22-16-7-8-16)13-3-5-14(20)6-4-13/h3-6,9-12,16,18,21H,2,7-8H2,1H3,(H,22,23). The van der Waals surface area contributed by atoms with Gasteiger partial charge in [-0.05, 0) is 61.7 Å². The fourth-order valence-electron chi connectivity index (χ4n) is 2.45. The number of halogens is 1. The largest absolute Gasteiger partial charge is 0.494 e. The molecule has 0 saturated heterocycles. The van der Waals surface area contributed by atoms with Gasteiger partial charge >= 0.3 is 0 Å². The molecule has 0 radical (unpaired) electrons. The molecule has 1 aliphatic rings. The highest BCUT2D eigenvalue weighted by Crippen LogP contribution is 2.25. The Labute approximate surface area is 141 Å². The summed E-state index contributed by atoms with van der Waals surface area (Å²) in [5.41, 5.74) is 1.53. The fourth-order valence-corrected chi connectivity index (χ4v) is 2.45.